The molecule has 206 valence electrons. The van der Waals surface area contributed by atoms with E-state index in [4.69, 9.17) is 9.47 Å². The fraction of sp³-hybridized carbons (Fsp3) is 0.618. The van der Waals surface area contributed by atoms with Crippen molar-refractivity contribution in [1.29, 1.82) is 0 Å². The second kappa shape index (κ2) is 8.03. The maximum absolute atomic E-state index is 11.7. The zero-order chi connectivity index (χ0) is 26.7. The van der Waals surface area contributed by atoms with Gasteiger partial charge in [-0.2, -0.15) is 4.65 Å². The quantitative estimate of drug-likeness (QED) is 0.354. The summed E-state index contributed by atoms with van der Waals surface area (Å²) in [7, 11) is 2.02. The van der Waals surface area contributed by atoms with Gasteiger partial charge in [-0.15, -0.1) is 0 Å². The van der Waals surface area contributed by atoms with E-state index in [1.165, 1.54) is 40.3 Å². The van der Waals surface area contributed by atoms with Crippen LogP contribution in [0.4, 0.5) is 0 Å². The molecular formula is C34H43N2O3+. The molecule has 2 saturated heterocycles. The van der Waals surface area contributed by atoms with Crippen LogP contribution in [0.1, 0.15) is 76.7 Å². The predicted molar refractivity (Wildman–Crippen MR) is 151 cm³/mol. The van der Waals surface area contributed by atoms with Gasteiger partial charge in [0, 0.05) is 30.6 Å². The highest BCUT2D eigenvalue weighted by atomic mass is 16.6. The van der Waals surface area contributed by atoms with Crippen molar-refractivity contribution in [3.8, 4) is 0 Å². The largest absolute Gasteiger partial charge is 0.380 e. The second-order valence-electron chi connectivity index (χ2n) is 14.8. The molecule has 4 heterocycles. The van der Waals surface area contributed by atoms with Crippen LogP contribution in [0.3, 0.4) is 0 Å². The van der Waals surface area contributed by atoms with Gasteiger partial charge in [-0.25, -0.2) is 5.21 Å². The van der Waals surface area contributed by atoms with Crippen LogP contribution in [-0.2, 0) is 9.47 Å². The molecule has 3 aliphatic carbocycles. The van der Waals surface area contributed by atoms with Crippen molar-refractivity contribution >= 4 is 10.8 Å². The van der Waals surface area contributed by atoms with E-state index in [1.807, 2.05) is 19.4 Å². The van der Waals surface area contributed by atoms with E-state index in [9.17, 15) is 5.21 Å². The molecule has 1 aromatic carbocycles. The number of ether oxygens (including phenoxy) is 2. The van der Waals surface area contributed by atoms with Crippen LogP contribution >= 0.6 is 0 Å². The Balaban J connectivity index is 1.11. The molecule has 8 rings (SSSR count). The van der Waals surface area contributed by atoms with Gasteiger partial charge in [0.2, 0.25) is 0 Å². The Hall–Kier alpha value is -2.05. The van der Waals surface area contributed by atoms with E-state index in [0.717, 1.165) is 58.3 Å². The average Bonchev–Trinajstić information content (AvgIpc) is 3.42. The summed E-state index contributed by atoms with van der Waals surface area (Å²) in [5, 5.41) is 14.2. The predicted octanol–water partition coefficient (Wildman–Crippen LogP) is 6.72. The monoisotopic (exact) mass is 527 g/mol. The van der Waals surface area contributed by atoms with Crippen molar-refractivity contribution < 1.29 is 19.3 Å². The Morgan fingerprint density at radius 3 is 2.77 bits per heavy atom. The Labute approximate surface area is 232 Å². The topological polar surface area (TPSA) is 51.6 Å². The smallest absolute Gasteiger partial charge is 0.122 e. The minimum absolute atomic E-state index is 0.0837. The van der Waals surface area contributed by atoms with Gasteiger partial charge in [0.1, 0.15) is 12.6 Å². The maximum Gasteiger partial charge on any atom is 0.122 e. The minimum Gasteiger partial charge on any atom is -0.380 e. The third kappa shape index (κ3) is 3.43. The zero-order valence-corrected chi connectivity index (χ0v) is 23.8. The molecule has 5 heteroatoms. The van der Waals surface area contributed by atoms with Crippen LogP contribution in [-0.4, -0.2) is 58.9 Å². The number of hydrogen-bond donors (Lipinski definition) is 1. The summed E-state index contributed by atoms with van der Waals surface area (Å²) in [6.45, 7) is 7.07. The highest BCUT2D eigenvalue weighted by Gasteiger charge is 2.67. The third-order valence-corrected chi connectivity index (χ3v) is 12.1. The number of hydrogen-bond acceptors (Lipinski definition) is 4. The first kappa shape index (κ1) is 24.7. The van der Waals surface area contributed by atoms with Crippen LogP contribution in [0.5, 0.6) is 0 Å². The van der Waals surface area contributed by atoms with Crippen molar-refractivity contribution in [3.05, 3.63) is 65.5 Å². The number of benzene rings is 1. The fourth-order valence-electron chi connectivity index (χ4n) is 10.2. The maximum atomic E-state index is 11.7. The SMILES string of the molecule is CC1(C[N+](C)(O)[C@@H]2CCC3=CC4=CC[C@]5(C)[C@@H](c6ccc7ccncc7c6)CC[C@H]5[C@@]45CC[C@]3(C2)O5)COC1. The lowest BCUT2D eigenvalue weighted by molar-refractivity contribution is -1.11. The van der Waals surface area contributed by atoms with Gasteiger partial charge >= 0.3 is 0 Å². The van der Waals surface area contributed by atoms with Gasteiger partial charge in [0.05, 0.1) is 36.9 Å². The summed E-state index contributed by atoms with van der Waals surface area (Å²) in [5.41, 5.74) is 4.33. The van der Waals surface area contributed by atoms with Crippen LogP contribution in [0.15, 0.2) is 60.0 Å². The third-order valence-electron chi connectivity index (χ3n) is 12.1. The number of pyridine rings is 1. The molecule has 1 N–H and O–H groups in total. The van der Waals surface area contributed by atoms with Gasteiger partial charge in [-0.3, -0.25) is 4.98 Å². The van der Waals surface area contributed by atoms with E-state index in [1.54, 1.807) is 0 Å². The van der Waals surface area contributed by atoms with Gasteiger partial charge in [-0.05, 0) is 96.9 Å². The molecule has 39 heavy (non-hydrogen) atoms. The van der Waals surface area contributed by atoms with Crippen molar-refractivity contribution in [2.45, 2.75) is 88.4 Å². The first-order valence-electron chi connectivity index (χ1n) is 15.3. The Kier molecular flexibility index (Phi) is 5.09. The number of allylic oxidation sites excluding steroid dienone is 1. The lowest BCUT2D eigenvalue weighted by Crippen LogP contribution is -2.62. The van der Waals surface area contributed by atoms with Gasteiger partial charge in [0.15, 0.2) is 0 Å². The van der Waals surface area contributed by atoms with Gasteiger partial charge in [-0.1, -0.05) is 31.2 Å². The summed E-state index contributed by atoms with van der Waals surface area (Å²) in [6, 6.07) is 9.36. The lowest BCUT2D eigenvalue weighted by atomic mass is 9.58. The Morgan fingerprint density at radius 2 is 1.95 bits per heavy atom. The molecule has 2 spiro atoms. The van der Waals surface area contributed by atoms with Crippen molar-refractivity contribution in [2.75, 3.05) is 26.8 Å². The normalized spacial score (nSPS) is 41.5. The van der Waals surface area contributed by atoms with E-state index in [2.05, 4.69) is 55.2 Å². The summed E-state index contributed by atoms with van der Waals surface area (Å²) >= 11 is 0. The summed E-state index contributed by atoms with van der Waals surface area (Å²) < 4.78 is 13.1. The molecule has 2 saturated carbocycles. The highest BCUT2D eigenvalue weighted by molar-refractivity contribution is 5.82. The Bertz CT molecular complexity index is 1410. The molecule has 4 fully saturated rings. The van der Waals surface area contributed by atoms with Crippen LogP contribution in [0.25, 0.3) is 10.8 Å². The molecule has 6 aliphatic rings. The van der Waals surface area contributed by atoms with Crippen LogP contribution in [0, 0.1) is 16.7 Å². The molecule has 7 atom stereocenters. The molecule has 0 radical (unpaired) electrons. The fourth-order valence-corrected chi connectivity index (χ4v) is 10.2. The standard InChI is InChI=1S/C34H43N2O3/c1-31(21-38-22-31)20-36(3,37)28-7-6-26-17-27-10-12-32(2)29(24-5-4-23-11-15-35-19-25(23)16-24)8-9-30(32)34(27)14-13-33(26,18-28)39-34/h4-5,10-11,15-17,19,28-30,37H,6-9,12-14,18,20-22H2,1-3H3/q+1/t28-,29-,30-,32-,33-,34-,36?/m1/s1. The highest BCUT2D eigenvalue weighted by Crippen LogP contribution is 2.69. The number of nitrogens with zero attached hydrogens (tertiary/aromatic N) is 2. The zero-order valence-electron chi connectivity index (χ0n) is 23.8. The van der Waals surface area contributed by atoms with Crippen molar-refractivity contribution in [1.82, 2.24) is 4.98 Å². The molecule has 5 nitrogen and oxygen atoms in total. The second-order valence-corrected chi connectivity index (χ2v) is 14.8. The number of quaternary nitrogens is 1. The molecule has 0 amide bonds. The molecular weight excluding hydrogens is 484 g/mol. The van der Waals surface area contributed by atoms with Crippen LogP contribution < -0.4 is 0 Å². The molecule has 1 aromatic heterocycles. The lowest BCUT2D eigenvalue weighted by Gasteiger charge is -2.55. The number of rotatable bonds is 4. The summed E-state index contributed by atoms with van der Waals surface area (Å²) in [6.07, 6.45) is 17.8. The molecule has 2 aromatic rings. The summed E-state index contributed by atoms with van der Waals surface area (Å²) in [5.74, 6) is 1.06. The number of aromatic nitrogens is 1. The van der Waals surface area contributed by atoms with Gasteiger partial charge in [0.25, 0.3) is 0 Å². The first-order chi connectivity index (χ1) is 18.6. The number of hydroxylamine groups is 3. The first-order valence-corrected chi connectivity index (χ1v) is 15.3. The summed E-state index contributed by atoms with van der Waals surface area (Å²) in [4.78, 5) is 4.39. The average molecular weight is 528 g/mol. The van der Waals surface area contributed by atoms with Crippen molar-refractivity contribution in [2.24, 2.45) is 16.7 Å². The molecule has 1 unspecified atom stereocenters. The molecule has 2 bridgehead atoms. The molecule has 3 aliphatic heterocycles. The van der Waals surface area contributed by atoms with E-state index in [0.29, 0.717) is 11.8 Å². The van der Waals surface area contributed by atoms with Crippen molar-refractivity contribution in [3.63, 3.8) is 0 Å². The minimum atomic E-state index is -0.204. The van der Waals surface area contributed by atoms with E-state index < -0.39 is 0 Å². The number of fused-ring (bicyclic) bond motifs is 2. The van der Waals surface area contributed by atoms with E-state index in [-0.39, 0.29) is 32.7 Å². The Morgan fingerprint density at radius 1 is 1.08 bits per heavy atom. The van der Waals surface area contributed by atoms with Gasteiger partial charge < -0.3 is 9.47 Å². The van der Waals surface area contributed by atoms with Crippen LogP contribution in [0.2, 0.25) is 0 Å². The van der Waals surface area contributed by atoms with E-state index >= 15 is 0 Å².